The predicted octanol–water partition coefficient (Wildman–Crippen LogP) is -3.08. The number of aliphatic hydroxyl groups excluding tert-OH is 4. The van der Waals surface area contributed by atoms with Crippen molar-refractivity contribution in [3.63, 3.8) is 0 Å². The third-order valence-corrected chi connectivity index (χ3v) is 2.27. The highest BCUT2D eigenvalue weighted by Gasteiger charge is 2.43. The first-order chi connectivity index (χ1) is 6.97. The number of nitrogens with one attached hydrogen (secondary N) is 1. The minimum atomic E-state index is -1.45. The summed E-state index contributed by atoms with van der Waals surface area (Å²) in [5, 5.41) is 39.4. The summed E-state index contributed by atoms with van der Waals surface area (Å²) < 4.78 is 4.81. The standard InChI is InChI=1S/C8H15NO6/c1-3(11)9-5-7(13)6(12)4(2-10)15-8(5)14/h4-8,10,12-14H,2H2,1H3,(H,9,11)/t4-,5+,6-,7+,8?/m0/s1. The lowest BCUT2D eigenvalue weighted by atomic mass is 9.97. The Labute approximate surface area is 86.3 Å². The van der Waals surface area contributed by atoms with E-state index in [2.05, 4.69) is 5.32 Å². The summed E-state index contributed by atoms with van der Waals surface area (Å²) in [5.74, 6) is -0.462. The summed E-state index contributed by atoms with van der Waals surface area (Å²) in [7, 11) is 0. The van der Waals surface area contributed by atoms with Gasteiger partial charge in [0.1, 0.15) is 24.4 Å². The van der Waals surface area contributed by atoms with E-state index in [1.165, 1.54) is 6.92 Å². The van der Waals surface area contributed by atoms with Gasteiger partial charge in [0.25, 0.3) is 0 Å². The van der Waals surface area contributed by atoms with E-state index >= 15 is 0 Å². The number of carbonyl (C=O) groups is 1. The molecule has 1 aliphatic rings. The molecule has 5 N–H and O–H groups in total. The van der Waals surface area contributed by atoms with Crippen LogP contribution in [0.5, 0.6) is 0 Å². The second kappa shape index (κ2) is 4.86. The fraction of sp³-hybridized carbons (Fsp3) is 0.875. The lowest BCUT2D eigenvalue weighted by Crippen LogP contribution is -2.63. The Morgan fingerprint density at radius 3 is 2.40 bits per heavy atom. The first kappa shape index (κ1) is 12.3. The first-order valence-electron chi connectivity index (χ1n) is 4.55. The molecule has 1 fully saturated rings. The number of aliphatic hydroxyl groups is 4. The second-order valence-corrected chi connectivity index (χ2v) is 3.46. The summed E-state index contributed by atoms with van der Waals surface area (Å²) in [6.07, 6.45) is -5.24. The first-order valence-corrected chi connectivity index (χ1v) is 4.55. The van der Waals surface area contributed by atoms with Crippen molar-refractivity contribution in [1.29, 1.82) is 0 Å². The molecule has 0 aromatic heterocycles. The maximum absolute atomic E-state index is 10.7. The molecule has 1 amide bonds. The molecule has 1 unspecified atom stereocenters. The molecule has 0 bridgehead atoms. The highest BCUT2D eigenvalue weighted by molar-refractivity contribution is 5.73. The molecular weight excluding hydrogens is 206 g/mol. The number of hydrogen-bond donors (Lipinski definition) is 5. The highest BCUT2D eigenvalue weighted by atomic mass is 16.6. The molecule has 7 heteroatoms. The van der Waals surface area contributed by atoms with E-state index < -0.39 is 43.2 Å². The van der Waals surface area contributed by atoms with Gasteiger partial charge in [0.05, 0.1) is 6.61 Å². The summed E-state index contributed by atoms with van der Waals surface area (Å²) >= 11 is 0. The number of rotatable bonds is 2. The molecule has 15 heavy (non-hydrogen) atoms. The molecular formula is C8H15NO6. The Hall–Kier alpha value is -0.730. The van der Waals surface area contributed by atoms with E-state index in [0.29, 0.717) is 0 Å². The zero-order valence-corrected chi connectivity index (χ0v) is 8.20. The van der Waals surface area contributed by atoms with Crippen LogP contribution in [0, 0.1) is 0 Å². The van der Waals surface area contributed by atoms with Crippen molar-refractivity contribution in [2.24, 2.45) is 0 Å². The number of amides is 1. The van der Waals surface area contributed by atoms with Crippen molar-refractivity contribution in [2.75, 3.05) is 6.61 Å². The molecule has 0 aromatic carbocycles. The van der Waals surface area contributed by atoms with Crippen molar-refractivity contribution in [3.05, 3.63) is 0 Å². The molecule has 1 aliphatic heterocycles. The quantitative estimate of drug-likeness (QED) is 0.337. The SMILES string of the molecule is CC(=O)N[C@H]1C(O)O[C@@H](CO)[C@H](O)[C@@H]1O. The van der Waals surface area contributed by atoms with E-state index in [0.717, 1.165) is 0 Å². The van der Waals surface area contributed by atoms with Crippen LogP contribution in [-0.4, -0.2) is 63.6 Å². The van der Waals surface area contributed by atoms with E-state index in [-0.39, 0.29) is 0 Å². The van der Waals surface area contributed by atoms with Gasteiger partial charge in [-0.1, -0.05) is 0 Å². The van der Waals surface area contributed by atoms with Crippen molar-refractivity contribution in [1.82, 2.24) is 5.32 Å². The molecule has 0 spiro atoms. The molecule has 7 nitrogen and oxygen atoms in total. The van der Waals surface area contributed by atoms with Crippen LogP contribution < -0.4 is 5.32 Å². The van der Waals surface area contributed by atoms with Gasteiger partial charge in [-0.25, -0.2) is 0 Å². The van der Waals surface area contributed by atoms with E-state index in [4.69, 9.17) is 9.84 Å². The third kappa shape index (κ3) is 2.64. The van der Waals surface area contributed by atoms with Gasteiger partial charge >= 0.3 is 0 Å². The van der Waals surface area contributed by atoms with Crippen LogP contribution in [-0.2, 0) is 9.53 Å². The molecule has 0 radical (unpaired) electrons. The van der Waals surface area contributed by atoms with Gasteiger partial charge in [-0.15, -0.1) is 0 Å². The van der Waals surface area contributed by atoms with Gasteiger partial charge in [0.2, 0.25) is 5.91 Å². The molecule has 1 saturated heterocycles. The Morgan fingerprint density at radius 2 is 1.93 bits per heavy atom. The van der Waals surface area contributed by atoms with E-state index in [1.807, 2.05) is 0 Å². The minimum absolute atomic E-state index is 0.462. The van der Waals surface area contributed by atoms with Gasteiger partial charge in [-0.05, 0) is 0 Å². The Bertz CT molecular complexity index is 235. The molecule has 5 atom stereocenters. The highest BCUT2D eigenvalue weighted by Crippen LogP contribution is 2.19. The van der Waals surface area contributed by atoms with Gasteiger partial charge in [0, 0.05) is 6.92 Å². The second-order valence-electron chi connectivity index (χ2n) is 3.46. The number of hydrogen-bond acceptors (Lipinski definition) is 6. The van der Waals surface area contributed by atoms with Crippen molar-refractivity contribution in [2.45, 2.75) is 37.6 Å². The monoisotopic (exact) mass is 221 g/mol. The van der Waals surface area contributed by atoms with Crippen LogP contribution in [0.4, 0.5) is 0 Å². The van der Waals surface area contributed by atoms with E-state index in [9.17, 15) is 20.1 Å². The van der Waals surface area contributed by atoms with Gasteiger partial charge in [-0.2, -0.15) is 0 Å². The van der Waals surface area contributed by atoms with Crippen LogP contribution >= 0.6 is 0 Å². The lowest BCUT2D eigenvalue weighted by molar-refractivity contribution is -0.253. The fourth-order valence-electron chi connectivity index (χ4n) is 1.49. The van der Waals surface area contributed by atoms with E-state index in [1.54, 1.807) is 0 Å². The van der Waals surface area contributed by atoms with Gasteiger partial charge in [-0.3, -0.25) is 4.79 Å². The lowest BCUT2D eigenvalue weighted by Gasteiger charge is -2.40. The zero-order chi connectivity index (χ0) is 11.6. The third-order valence-electron chi connectivity index (χ3n) is 2.27. The number of ether oxygens (including phenoxy) is 1. The van der Waals surface area contributed by atoms with Crippen LogP contribution in [0.2, 0.25) is 0 Å². The van der Waals surface area contributed by atoms with Crippen molar-refractivity contribution in [3.8, 4) is 0 Å². The predicted molar refractivity (Wildman–Crippen MR) is 47.6 cm³/mol. The molecule has 1 rings (SSSR count). The van der Waals surface area contributed by atoms with Crippen molar-refractivity contribution < 1.29 is 30.0 Å². The topological polar surface area (TPSA) is 119 Å². The average molecular weight is 221 g/mol. The fourth-order valence-corrected chi connectivity index (χ4v) is 1.49. The summed E-state index contributed by atoms with van der Waals surface area (Å²) in [6.45, 7) is 0.687. The Morgan fingerprint density at radius 1 is 1.33 bits per heavy atom. The molecule has 88 valence electrons. The van der Waals surface area contributed by atoms with Crippen LogP contribution in [0.1, 0.15) is 6.92 Å². The average Bonchev–Trinajstić information content (AvgIpc) is 2.18. The zero-order valence-electron chi connectivity index (χ0n) is 8.20. The molecule has 0 aromatic rings. The van der Waals surface area contributed by atoms with Crippen LogP contribution in [0.25, 0.3) is 0 Å². The Kier molecular flexibility index (Phi) is 4.00. The summed E-state index contributed by atoms with van der Waals surface area (Å²) in [5.41, 5.74) is 0. The molecule has 0 saturated carbocycles. The van der Waals surface area contributed by atoms with Crippen molar-refractivity contribution >= 4 is 5.91 Å². The summed E-state index contributed by atoms with van der Waals surface area (Å²) in [4.78, 5) is 10.7. The normalized spacial score (nSPS) is 41.3. The smallest absolute Gasteiger partial charge is 0.217 e. The number of carbonyl (C=O) groups excluding carboxylic acids is 1. The maximum atomic E-state index is 10.7. The van der Waals surface area contributed by atoms with Crippen LogP contribution in [0.3, 0.4) is 0 Å². The maximum Gasteiger partial charge on any atom is 0.217 e. The van der Waals surface area contributed by atoms with Gasteiger partial charge in [0.15, 0.2) is 6.29 Å². The van der Waals surface area contributed by atoms with Gasteiger partial charge < -0.3 is 30.5 Å². The molecule has 1 heterocycles. The Balaban J connectivity index is 2.70. The minimum Gasteiger partial charge on any atom is -0.394 e. The van der Waals surface area contributed by atoms with Crippen LogP contribution in [0.15, 0.2) is 0 Å². The largest absolute Gasteiger partial charge is 0.394 e. The molecule has 0 aliphatic carbocycles. The summed E-state index contributed by atoms with van der Waals surface area (Å²) in [6, 6.07) is -1.10.